The topological polar surface area (TPSA) is 44.5 Å². The molecule has 1 aliphatic rings. The van der Waals surface area contributed by atoms with E-state index in [1.54, 1.807) is 11.8 Å². The van der Waals surface area contributed by atoms with Gasteiger partial charge in [0.05, 0.1) is 0 Å². The lowest BCUT2D eigenvalue weighted by atomic mass is 10.3. The van der Waals surface area contributed by atoms with E-state index in [0.29, 0.717) is 6.79 Å². The van der Waals surface area contributed by atoms with Crippen molar-refractivity contribution in [1.82, 2.24) is 0 Å². The molecule has 1 heterocycles. The van der Waals surface area contributed by atoms with Crippen LogP contribution in [0.4, 0.5) is 0 Å². The summed E-state index contributed by atoms with van der Waals surface area (Å²) in [4.78, 5) is 1.21. The Bertz CT molecular complexity index is 341. The molecule has 3 nitrogen and oxygen atoms in total. The smallest absolute Gasteiger partial charge is 0.231 e. The molecule has 0 spiro atoms. The van der Waals surface area contributed by atoms with Gasteiger partial charge in [-0.15, -0.1) is 11.8 Å². The molecule has 82 valence electrons. The monoisotopic (exact) mass is 225 g/mol. The van der Waals surface area contributed by atoms with Gasteiger partial charge in [0.1, 0.15) is 0 Å². The summed E-state index contributed by atoms with van der Waals surface area (Å²) in [6.45, 7) is 2.36. The van der Waals surface area contributed by atoms with Gasteiger partial charge in [-0.05, 0) is 37.3 Å². The minimum Gasteiger partial charge on any atom is -0.454 e. The highest BCUT2D eigenvalue weighted by Gasteiger charge is 2.13. The summed E-state index contributed by atoms with van der Waals surface area (Å²) < 4.78 is 10.6. The van der Waals surface area contributed by atoms with Crippen molar-refractivity contribution in [2.75, 3.05) is 12.5 Å². The lowest BCUT2D eigenvalue weighted by Gasteiger charge is -2.05. The molecule has 15 heavy (non-hydrogen) atoms. The van der Waals surface area contributed by atoms with Gasteiger partial charge in [-0.2, -0.15) is 0 Å². The number of benzene rings is 1. The van der Waals surface area contributed by atoms with Crippen molar-refractivity contribution in [3.05, 3.63) is 18.2 Å². The van der Waals surface area contributed by atoms with Gasteiger partial charge in [0, 0.05) is 10.9 Å². The molecule has 2 N–H and O–H groups in total. The van der Waals surface area contributed by atoms with Crippen LogP contribution in [0.1, 0.15) is 13.3 Å². The van der Waals surface area contributed by atoms with E-state index in [9.17, 15) is 0 Å². The van der Waals surface area contributed by atoms with Crippen molar-refractivity contribution in [2.45, 2.75) is 24.3 Å². The van der Waals surface area contributed by atoms with Gasteiger partial charge in [-0.25, -0.2) is 0 Å². The average Bonchev–Trinajstić information content (AvgIpc) is 2.64. The molecule has 0 radical (unpaired) electrons. The van der Waals surface area contributed by atoms with Gasteiger partial charge < -0.3 is 15.2 Å². The highest BCUT2D eigenvalue weighted by molar-refractivity contribution is 7.99. The van der Waals surface area contributed by atoms with Gasteiger partial charge in [0.25, 0.3) is 0 Å². The first-order chi connectivity index (χ1) is 7.25. The van der Waals surface area contributed by atoms with E-state index in [1.165, 1.54) is 4.90 Å². The van der Waals surface area contributed by atoms with E-state index < -0.39 is 0 Å². The number of hydrogen-bond acceptors (Lipinski definition) is 4. The fourth-order valence-corrected chi connectivity index (χ4v) is 2.41. The van der Waals surface area contributed by atoms with Gasteiger partial charge in [0.15, 0.2) is 11.5 Å². The van der Waals surface area contributed by atoms with Crippen LogP contribution in [0.15, 0.2) is 23.1 Å². The van der Waals surface area contributed by atoms with E-state index in [-0.39, 0.29) is 6.04 Å². The molecular weight excluding hydrogens is 210 g/mol. The van der Waals surface area contributed by atoms with Crippen molar-refractivity contribution in [2.24, 2.45) is 5.73 Å². The van der Waals surface area contributed by atoms with Crippen LogP contribution in [0.2, 0.25) is 0 Å². The van der Waals surface area contributed by atoms with E-state index in [4.69, 9.17) is 15.2 Å². The molecule has 1 aromatic rings. The van der Waals surface area contributed by atoms with Crippen LogP contribution >= 0.6 is 11.8 Å². The summed E-state index contributed by atoms with van der Waals surface area (Å²) in [5, 5.41) is 0. The molecule has 1 unspecified atom stereocenters. The van der Waals surface area contributed by atoms with Gasteiger partial charge in [0.2, 0.25) is 6.79 Å². The van der Waals surface area contributed by atoms with Crippen LogP contribution in [0.5, 0.6) is 11.5 Å². The quantitative estimate of drug-likeness (QED) is 0.798. The van der Waals surface area contributed by atoms with Crippen LogP contribution in [-0.4, -0.2) is 18.6 Å². The van der Waals surface area contributed by atoms with E-state index in [1.807, 2.05) is 19.1 Å². The third-order valence-electron chi connectivity index (χ3n) is 2.19. The third kappa shape index (κ3) is 2.79. The summed E-state index contributed by atoms with van der Waals surface area (Å²) in [6.07, 6.45) is 1.03. The molecule has 1 aromatic carbocycles. The molecule has 0 fully saturated rings. The SMILES string of the molecule is CC(N)CCSc1ccc2c(c1)OCO2. The second-order valence-corrected chi connectivity index (χ2v) is 4.80. The Hall–Kier alpha value is -0.870. The molecular formula is C11H15NO2S. The van der Waals surface area contributed by atoms with Crippen molar-refractivity contribution < 1.29 is 9.47 Å². The lowest BCUT2D eigenvalue weighted by molar-refractivity contribution is 0.174. The summed E-state index contributed by atoms with van der Waals surface area (Å²) in [5.41, 5.74) is 5.69. The largest absolute Gasteiger partial charge is 0.454 e. The van der Waals surface area contributed by atoms with Gasteiger partial charge in [-0.3, -0.25) is 0 Å². The minimum absolute atomic E-state index is 0.270. The zero-order valence-corrected chi connectivity index (χ0v) is 9.55. The highest BCUT2D eigenvalue weighted by Crippen LogP contribution is 2.35. The molecule has 1 aliphatic heterocycles. The Labute approximate surface area is 93.9 Å². The predicted octanol–water partition coefficient (Wildman–Crippen LogP) is 2.24. The first kappa shape index (κ1) is 10.6. The number of ether oxygens (including phenoxy) is 2. The van der Waals surface area contributed by atoms with Crippen LogP contribution in [0, 0.1) is 0 Å². The van der Waals surface area contributed by atoms with Gasteiger partial charge >= 0.3 is 0 Å². The first-order valence-corrected chi connectivity index (χ1v) is 6.02. The van der Waals surface area contributed by atoms with Crippen LogP contribution < -0.4 is 15.2 Å². The fraction of sp³-hybridized carbons (Fsp3) is 0.455. The average molecular weight is 225 g/mol. The summed E-state index contributed by atoms with van der Waals surface area (Å²) in [6, 6.07) is 6.30. The van der Waals surface area contributed by atoms with E-state index in [0.717, 1.165) is 23.7 Å². The normalized spacial score (nSPS) is 15.3. The number of rotatable bonds is 4. The van der Waals surface area contributed by atoms with E-state index >= 15 is 0 Å². The molecule has 0 aliphatic carbocycles. The number of nitrogens with two attached hydrogens (primary N) is 1. The Morgan fingerprint density at radius 1 is 1.40 bits per heavy atom. The Balaban J connectivity index is 1.92. The predicted molar refractivity (Wildman–Crippen MR) is 61.6 cm³/mol. The van der Waals surface area contributed by atoms with Gasteiger partial charge in [-0.1, -0.05) is 0 Å². The van der Waals surface area contributed by atoms with Crippen LogP contribution in [0.3, 0.4) is 0 Å². The van der Waals surface area contributed by atoms with Crippen molar-refractivity contribution in [3.8, 4) is 11.5 Å². The standard InChI is InChI=1S/C11H15NO2S/c1-8(12)4-5-15-9-2-3-10-11(6-9)14-7-13-10/h2-3,6,8H,4-5,7,12H2,1H3. The maximum Gasteiger partial charge on any atom is 0.231 e. The number of hydrogen-bond donors (Lipinski definition) is 1. The molecule has 1 atom stereocenters. The molecule has 0 saturated heterocycles. The van der Waals surface area contributed by atoms with Crippen LogP contribution in [0.25, 0.3) is 0 Å². The number of thioether (sulfide) groups is 1. The Kier molecular flexibility index (Phi) is 3.38. The van der Waals surface area contributed by atoms with Crippen molar-refractivity contribution in [3.63, 3.8) is 0 Å². The van der Waals surface area contributed by atoms with Crippen molar-refractivity contribution in [1.29, 1.82) is 0 Å². The Morgan fingerprint density at radius 2 is 2.20 bits per heavy atom. The molecule has 0 aromatic heterocycles. The van der Waals surface area contributed by atoms with E-state index in [2.05, 4.69) is 6.07 Å². The first-order valence-electron chi connectivity index (χ1n) is 5.04. The third-order valence-corrected chi connectivity index (χ3v) is 3.21. The number of fused-ring (bicyclic) bond motifs is 1. The fourth-order valence-electron chi connectivity index (χ4n) is 1.33. The molecule has 2 rings (SSSR count). The lowest BCUT2D eigenvalue weighted by Crippen LogP contribution is -2.15. The Morgan fingerprint density at radius 3 is 3.00 bits per heavy atom. The zero-order chi connectivity index (χ0) is 10.7. The molecule has 0 bridgehead atoms. The highest BCUT2D eigenvalue weighted by atomic mass is 32.2. The molecule has 0 amide bonds. The second-order valence-electron chi connectivity index (χ2n) is 3.63. The maximum absolute atomic E-state index is 5.69. The summed E-state index contributed by atoms with van der Waals surface area (Å²) in [5.74, 6) is 2.73. The summed E-state index contributed by atoms with van der Waals surface area (Å²) in [7, 11) is 0. The molecule has 4 heteroatoms. The maximum atomic E-state index is 5.69. The second kappa shape index (κ2) is 4.77. The van der Waals surface area contributed by atoms with Crippen LogP contribution in [-0.2, 0) is 0 Å². The minimum atomic E-state index is 0.270. The van der Waals surface area contributed by atoms with Crippen molar-refractivity contribution >= 4 is 11.8 Å². The zero-order valence-electron chi connectivity index (χ0n) is 8.73. The molecule has 0 saturated carbocycles. The summed E-state index contributed by atoms with van der Waals surface area (Å²) >= 11 is 1.80.